The standard InChI is InChI=1S/C18H18Cl2N2O3/c1-21(9-12-4-5-14(19)8-16(12)20)18(24)13-7-17(23)22(10-13)11-15-3-2-6-25-15/h2-6,8,13H,7,9-11H2,1H3/t13-/m0/s1. The van der Waals surface area contributed by atoms with E-state index in [0.29, 0.717) is 35.4 Å². The largest absolute Gasteiger partial charge is 0.467 e. The zero-order valence-electron chi connectivity index (χ0n) is 13.7. The Bertz CT molecular complexity index is 777. The third kappa shape index (κ3) is 4.17. The highest BCUT2D eigenvalue weighted by molar-refractivity contribution is 6.35. The molecule has 1 fully saturated rings. The van der Waals surface area contributed by atoms with E-state index in [9.17, 15) is 9.59 Å². The molecule has 1 aliphatic heterocycles. The lowest BCUT2D eigenvalue weighted by molar-refractivity contribution is -0.135. The van der Waals surface area contributed by atoms with Crippen molar-refractivity contribution in [2.24, 2.45) is 5.92 Å². The van der Waals surface area contributed by atoms with E-state index in [1.54, 1.807) is 47.4 Å². The molecule has 1 atom stereocenters. The molecule has 0 spiro atoms. The number of halogens is 2. The zero-order valence-corrected chi connectivity index (χ0v) is 15.3. The van der Waals surface area contributed by atoms with Crippen molar-refractivity contribution in [2.45, 2.75) is 19.5 Å². The lowest BCUT2D eigenvalue weighted by Gasteiger charge is -2.22. The van der Waals surface area contributed by atoms with Crippen LogP contribution in [0.1, 0.15) is 17.7 Å². The van der Waals surface area contributed by atoms with Gasteiger partial charge in [0.15, 0.2) is 0 Å². The lowest BCUT2D eigenvalue weighted by atomic mass is 10.1. The molecule has 0 unspecified atom stereocenters. The van der Waals surface area contributed by atoms with Crippen molar-refractivity contribution in [1.82, 2.24) is 9.80 Å². The number of rotatable bonds is 5. The summed E-state index contributed by atoms with van der Waals surface area (Å²) in [7, 11) is 1.72. The summed E-state index contributed by atoms with van der Waals surface area (Å²) in [6, 6.07) is 8.79. The molecule has 25 heavy (non-hydrogen) atoms. The summed E-state index contributed by atoms with van der Waals surface area (Å²) in [6.07, 6.45) is 1.79. The Labute approximate surface area is 156 Å². The van der Waals surface area contributed by atoms with Crippen molar-refractivity contribution in [3.05, 3.63) is 58.0 Å². The third-order valence-corrected chi connectivity index (χ3v) is 4.88. The van der Waals surface area contributed by atoms with Crippen LogP contribution < -0.4 is 0 Å². The number of nitrogens with zero attached hydrogens (tertiary/aromatic N) is 2. The number of hydrogen-bond acceptors (Lipinski definition) is 3. The van der Waals surface area contributed by atoms with Gasteiger partial charge in [-0.2, -0.15) is 0 Å². The first-order valence-electron chi connectivity index (χ1n) is 7.93. The van der Waals surface area contributed by atoms with Crippen LogP contribution in [0.15, 0.2) is 41.0 Å². The Morgan fingerprint density at radius 3 is 2.84 bits per heavy atom. The molecule has 0 bridgehead atoms. The van der Waals surface area contributed by atoms with Gasteiger partial charge in [-0.15, -0.1) is 0 Å². The normalized spacial score (nSPS) is 17.2. The summed E-state index contributed by atoms with van der Waals surface area (Å²) < 4.78 is 5.27. The van der Waals surface area contributed by atoms with Gasteiger partial charge in [0.05, 0.1) is 18.7 Å². The van der Waals surface area contributed by atoms with Crippen LogP contribution in [0, 0.1) is 5.92 Å². The second-order valence-electron chi connectivity index (χ2n) is 6.18. The van der Waals surface area contributed by atoms with Crippen molar-refractivity contribution < 1.29 is 14.0 Å². The molecule has 2 amide bonds. The molecular formula is C18H18Cl2N2O3. The van der Waals surface area contributed by atoms with E-state index in [1.165, 1.54) is 0 Å². The highest BCUT2D eigenvalue weighted by Gasteiger charge is 2.36. The number of likely N-dealkylation sites (tertiary alicyclic amines) is 1. The Hall–Kier alpha value is -1.98. The summed E-state index contributed by atoms with van der Waals surface area (Å²) in [5.41, 5.74) is 0.818. The first-order valence-corrected chi connectivity index (χ1v) is 8.68. The highest BCUT2D eigenvalue weighted by atomic mass is 35.5. The number of amides is 2. The van der Waals surface area contributed by atoms with E-state index in [0.717, 1.165) is 5.56 Å². The van der Waals surface area contributed by atoms with Crippen molar-refractivity contribution in [3.63, 3.8) is 0 Å². The summed E-state index contributed by atoms with van der Waals surface area (Å²) in [5, 5.41) is 1.08. The minimum Gasteiger partial charge on any atom is -0.467 e. The number of hydrogen-bond donors (Lipinski definition) is 0. The van der Waals surface area contributed by atoms with Gasteiger partial charge in [-0.1, -0.05) is 29.3 Å². The number of carbonyl (C=O) groups excluding carboxylic acids is 2. The van der Waals surface area contributed by atoms with Crippen molar-refractivity contribution in [2.75, 3.05) is 13.6 Å². The summed E-state index contributed by atoms with van der Waals surface area (Å²) in [4.78, 5) is 28.1. The van der Waals surface area contributed by atoms with Gasteiger partial charge in [0.25, 0.3) is 0 Å². The molecule has 132 valence electrons. The van der Waals surface area contributed by atoms with E-state index < -0.39 is 0 Å². The van der Waals surface area contributed by atoms with Gasteiger partial charge < -0.3 is 14.2 Å². The maximum Gasteiger partial charge on any atom is 0.228 e. The van der Waals surface area contributed by atoms with Gasteiger partial charge in [0, 0.05) is 36.6 Å². The first-order chi connectivity index (χ1) is 11.9. The smallest absolute Gasteiger partial charge is 0.228 e. The van der Waals surface area contributed by atoms with Crippen LogP contribution in [0.25, 0.3) is 0 Å². The van der Waals surface area contributed by atoms with Crippen molar-refractivity contribution in [1.29, 1.82) is 0 Å². The third-order valence-electron chi connectivity index (χ3n) is 4.29. The molecule has 1 aromatic carbocycles. The summed E-state index contributed by atoms with van der Waals surface area (Å²) in [5.74, 6) is 0.260. The first kappa shape index (κ1) is 17.8. The summed E-state index contributed by atoms with van der Waals surface area (Å²) >= 11 is 12.1. The highest BCUT2D eigenvalue weighted by Crippen LogP contribution is 2.25. The van der Waals surface area contributed by atoms with E-state index in [2.05, 4.69) is 0 Å². The lowest BCUT2D eigenvalue weighted by Crippen LogP contribution is -2.34. The molecule has 0 saturated carbocycles. The Balaban J connectivity index is 1.61. The molecule has 3 rings (SSSR count). The minimum atomic E-state index is -0.349. The predicted molar refractivity (Wildman–Crippen MR) is 95.2 cm³/mol. The molecule has 1 saturated heterocycles. The van der Waals surface area contributed by atoms with Crippen LogP contribution in [0.3, 0.4) is 0 Å². The monoisotopic (exact) mass is 380 g/mol. The molecule has 1 aliphatic rings. The zero-order chi connectivity index (χ0) is 18.0. The van der Waals surface area contributed by atoms with Crippen molar-refractivity contribution >= 4 is 35.0 Å². The van der Waals surface area contributed by atoms with Crippen LogP contribution >= 0.6 is 23.2 Å². The average Bonchev–Trinajstić information content (AvgIpc) is 3.20. The van der Waals surface area contributed by atoms with Gasteiger partial charge in [0.1, 0.15) is 5.76 Å². The van der Waals surface area contributed by atoms with Crippen molar-refractivity contribution in [3.8, 4) is 0 Å². The van der Waals surface area contributed by atoms with Crippen LogP contribution in [0.4, 0.5) is 0 Å². The molecule has 0 radical (unpaired) electrons. The molecule has 5 nitrogen and oxygen atoms in total. The molecule has 0 N–H and O–H groups in total. The van der Waals surface area contributed by atoms with Gasteiger partial charge in [-0.25, -0.2) is 0 Å². The molecule has 2 aromatic rings. The van der Waals surface area contributed by atoms with E-state index >= 15 is 0 Å². The van der Waals surface area contributed by atoms with Crippen LogP contribution in [-0.4, -0.2) is 35.2 Å². The van der Waals surface area contributed by atoms with Gasteiger partial charge in [0.2, 0.25) is 11.8 Å². The number of benzene rings is 1. The SMILES string of the molecule is CN(Cc1ccc(Cl)cc1Cl)C(=O)[C@H]1CC(=O)N(Cc2ccco2)C1. The Morgan fingerprint density at radius 2 is 2.16 bits per heavy atom. The fourth-order valence-electron chi connectivity index (χ4n) is 2.98. The molecule has 1 aromatic heterocycles. The van der Waals surface area contributed by atoms with Crippen LogP contribution in [0.5, 0.6) is 0 Å². The summed E-state index contributed by atoms with van der Waals surface area (Å²) in [6.45, 7) is 1.16. The predicted octanol–water partition coefficient (Wildman–Crippen LogP) is 3.59. The van der Waals surface area contributed by atoms with Gasteiger partial charge in [-0.3, -0.25) is 9.59 Å². The van der Waals surface area contributed by atoms with Crippen LogP contribution in [-0.2, 0) is 22.7 Å². The molecule has 2 heterocycles. The average molecular weight is 381 g/mol. The molecule has 0 aliphatic carbocycles. The fraction of sp³-hybridized carbons (Fsp3) is 0.333. The second-order valence-corrected chi connectivity index (χ2v) is 7.03. The fourth-order valence-corrected chi connectivity index (χ4v) is 3.44. The molecule has 7 heteroatoms. The Kier molecular flexibility index (Phi) is 5.35. The Morgan fingerprint density at radius 1 is 1.36 bits per heavy atom. The minimum absolute atomic E-state index is 0.0346. The quantitative estimate of drug-likeness (QED) is 0.796. The number of carbonyl (C=O) groups is 2. The van der Waals surface area contributed by atoms with E-state index in [1.807, 2.05) is 6.07 Å². The van der Waals surface area contributed by atoms with E-state index in [4.69, 9.17) is 27.6 Å². The number of furan rings is 1. The van der Waals surface area contributed by atoms with Gasteiger partial charge >= 0.3 is 0 Å². The maximum absolute atomic E-state index is 12.7. The molecular weight excluding hydrogens is 363 g/mol. The van der Waals surface area contributed by atoms with Crippen LogP contribution in [0.2, 0.25) is 10.0 Å². The second kappa shape index (κ2) is 7.50. The van der Waals surface area contributed by atoms with Gasteiger partial charge in [-0.05, 0) is 29.8 Å². The topological polar surface area (TPSA) is 53.8 Å². The van der Waals surface area contributed by atoms with E-state index in [-0.39, 0.29) is 24.2 Å². The maximum atomic E-state index is 12.7.